The van der Waals surface area contributed by atoms with Crippen molar-refractivity contribution < 1.29 is 33.1 Å². The molecule has 0 unspecified atom stereocenters. The van der Waals surface area contributed by atoms with Gasteiger partial charge in [0.15, 0.2) is 5.60 Å². The quantitative estimate of drug-likeness (QED) is 0.124. The third-order valence-corrected chi connectivity index (χ3v) is 19.5. The van der Waals surface area contributed by atoms with Crippen molar-refractivity contribution in [2.45, 2.75) is 106 Å². The first-order valence-electron chi connectivity index (χ1n) is 25.3. The summed E-state index contributed by atoms with van der Waals surface area (Å²) in [6, 6.07) is 33.4. The topological polar surface area (TPSA) is 141 Å². The van der Waals surface area contributed by atoms with Crippen molar-refractivity contribution in [3.63, 3.8) is 0 Å². The van der Waals surface area contributed by atoms with E-state index < -0.39 is 42.6 Å². The van der Waals surface area contributed by atoms with Crippen LogP contribution < -0.4 is 35.1 Å². The average Bonchev–Trinajstić information content (AvgIpc) is 4.16. The summed E-state index contributed by atoms with van der Waals surface area (Å²) in [6.45, 7) is 9.31. The highest BCUT2D eigenvalue weighted by Crippen LogP contribution is 2.61. The molecule has 11 rings (SSSR count). The largest absolute Gasteiger partial charge is 0.394 e. The first kappa shape index (κ1) is 46.7. The summed E-state index contributed by atoms with van der Waals surface area (Å²) in [5.41, 5.74) is 1.57. The first-order valence-corrected chi connectivity index (χ1v) is 28.3. The molecule has 4 aromatic carbocycles. The molecular formula is C54H65FN8O6Si. The Labute approximate surface area is 410 Å². The van der Waals surface area contributed by atoms with E-state index in [1.54, 1.807) is 22.9 Å². The van der Waals surface area contributed by atoms with Crippen LogP contribution >= 0.6 is 0 Å². The zero-order valence-corrected chi connectivity index (χ0v) is 41.5. The van der Waals surface area contributed by atoms with E-state index >= 15 is 8.90 Å². The second-order valence-corrected chi connectivity index (χ2v) is 24.9. The van der Waals surface area contributed by atoms with Crippen LogP contribution in [0.15, 0.2) is 103 Å². The third-order valence-electron chi connectivity index (χ3n) is 17.0. The first-order chi connectivity index (χ1) is 33.8. The molecule has 0 radical (unpaired) electrons. The molecule has 6 fully saturated rings. The smallest absolute Gasteiger partial charge is 0.264 e. The number of likely N-dealkylation sites (tertiary alicyclic amines) is 1. The molecule has 0 aliphatic carbocycles. The van der Waals surface area contributed by atoms with Gasteiger partial charge in [-0.3, -0.25) is 29.0 Å². The molecule has 3 N–H and O–H groups in total. The summed E-state index contributed by atoms with van der Waals surface area (Å²) >= 11 is 0. The van der Waals surface area contributed by atoms with E-state index in [0.717, 1.165) is 42.1 Å². The number of hydrogen-bond acceptors (Lipinski definition) is 10. The Morgan fingerprint density at radius 1 is 0.743 bits per heavy atom. The second-order valence-electron chi connectivity index (χ2n) is 21.1. The van der Waals surface area contributed by atoms with Crippen LogP contribution in [0, 0.1) is 5.92 Å². The predicted molar refractivity (Wildman–Crippen MR) is 271 cm³/mol. The van der Waals surface area contributed by atoms with Crippen molar-refractivity contribution in [3.8, 4) is 0 Å². The zero-order valence-electron chi connectivity index (χ0n) is 40.5. The van der Waals surface area contributed by atoms with Gasteiger partial charge in [-0.1, -0.05) is 55.5 Å². The van der Waals surface area contributed by atoms with Gasteiger partial charge in [-0.25, -0.2) is 0 Å². The van der Waals surface area contributed by atoms with E-state index in [0.29, 0.717) is 82.0 Å². The number of ether oxygens (including phenoxy) is 1. The second kappa shape index (κ2) is 17.9. The minimum absolute atomic E-state index is 0.00865. The number of piperidine rings is 2. The summed E-state index contributed by atoms with van der Waals surface area (Å²) in [4.78, 5) is 70.9. The molecule has 7 aliphatic rings. The van der Waals surface area contributed by atoms with Crippen LogP contribution in [-0.2, 0) is 36.1 Å². The maximum absolute atomic E-state index is 17.0. The standard InChI is InChI=1S/C54H65FN8O6Si/c1-37-48(70(2,3)55)46(32-47(65)58-30-10-15-43(58)34-64)69-54(37)44-31-42(61-36-63(41-13-8-5-9-14-41)53(50(61)67)24-28-57-29-25-53)20-21-45(44)59(51(54)68)33-38-16-18-39(19-17-38)60-35-62(40-11-6-4-7-12-40)52(49(60)66)22-26-56-27-23-52/h4-9,11-14,16-21,31,37,43,46,48,56-57,64H,10,15,22-30,32-36H2,1-3H3/t37-,43-,46+,48-,54+/m0/s1. The molecule has 0 bridgehead atoms. The van der Waals surface area contributed by atoms with Crippen LogP contribution in [0.4, 0.5) is 32.5 Å². The highest BCUT2D eigenvalue weighted by atomic mass is 28.4. The molecule has 6 saturated heterocycles. The molecule has 4 amide bonds. The number of carbonyl (C=O) groups is 4. The van der Waals surface area contributed by atoms with Crippen molar-refractivity contribution in [1.29, 1.82) is 0 Å². The van der Waals surface area contributed by atoms with Crippen molar-refractivity contribution >= 4 is 60.5 Å². The lowest BCUT2D eigenvalue weighted by molar-refractivity contribution is -0.150. The minimum Gasteiger partial charge on any atom is -0.394 e. The summed E-state index contributed by atoms with van der Waals surface area (Å²) in [5, 5.41) is 17.0. The van der Waals surface area contributed by atoms with Gasteiger partial charge in [0.05, 0.1) is 50.7 Å². The molecule has 0 aromatic heterocycles. The van der Waals surface area contributed by atoms with Crippen LogP contribution in [0.25, 0.3) is 0 Å². The number of aliphatic hydroxyl groups excluding tert-OH is 1. The molecule has 70 heavy (non-hydrogen) atoms. The Bertz CT molecular complexity index is 2640. The number of nitrogens with zero attached hydrogens (tertiary/aromatic N) is 6. The van der Waals surface area contributed by atoms with E-state index in [2.05, 4.69) is 32.6 Å². The number of carbonyl (C=O) groups excluding carboxylic acids is 4. The maximum atomic E-state index is 17.0. The van der Waals surface area contributed by atoms with Gasteiger partial charge in [-0.15, -0.1) is 0 Å². The highest BCUT2D eigenvalue weighted by Gasteiger charge is 2.67. The minimum atomic E-state index is -3.64. The molecule has 7 aliphatic heterocycles. The van der Waals surface area contributed by atoms with Crippen LogP contribution in [0.2, 0.25) is 18.6 Å². The van der Waals surface area contributed by atoms with Gasteiger partial charge in [0.1, 0.15) is 11.1 Å². The van der Waals surface area contributed by atoms with Gasteiger partial charge < -0.3 is 44.2 Å². The maximum Gasteiger partial charge on any atom is 0.264 e. The molecule has 0 saturated carbocycles. The van der Waals surface area contributed by atoms with Gasteiger partial charge in [-0.05, 0) is 138 Å². The van der Waals surface area contributed by atoms with Crippen molar-refractivity contribution in [3.05, 3.63) is 114 Å². The Balaban J connectivity index is 0.952. The van der Waals surface area contributed by atoms with Gasteiger partial charge >= 0.3 is 0 Å². The zero-order chi connectivity index (χ0) is 48.6. The lowest BCUT2D eigenvalue weighted by Gasteiger charge is -2.39. The number of aliphatic hydroxyl groups is 1. The highest BCUT2D eigenvalue weighted by molar-refractivity contribution is 6.72. The number of benzene rings is 4. The molecule has 5 atom stereocenters. The lowest BCUT2D eigenvalue weighted by atomic mass is 9.82. The van der Waals surface area contributed by atoms with E-state index in [-0.39, 0.29) is 49.2 Å². The van der Waals surface area contributed by atoms with Crippen molar-refractivity contribution in [2.24, 2.45) is 5.92 Å². The number of rotatable bonds is 10. The number of para-hydroxylation sites is 2. The lowest BCUT2D eigenvalue weighted by Crippen LogP contribution is -2.55. The molecule has 7 heterocycles. The molecule has 14 nitrogen and oxygen atoms in total. The number of nitrogens with one attached hydrogen (secondary N) is 2. The fourth-order valence-electron chi connectivity index (χ4n) is 13.5. The van der Waals surface area contributed by atoms with Crippen LogP contribution in [0.5, 0.6) is 0 Å². The SMILES string of the molecule is C[C@H]1[C@H]([Si](C)(C)F)[C@@H](CC(=O)N2CCC[C@H]2CO)O[C@]12C(=O)N(Cc1ccc(N3CN(c4ccccc4)C4(CCNCC4)C3=O)cc1)c1ccc(N3CN(c4ccccc4)C4(CCNCC4)C3=O)cc12. The van der Waals surface area contributed by atoms with E-state index in [9.17, 15) is 19.5 Å². The monoisotopic (exact) mass is 968 g/mol. The van der Waals surface area contributed by atoms with Crippen molar-refractivity contribution in [2.75, 3.05) is 77.2 Å². The summed E-state index contributed by atoms with van der Waals surface area (Å²) in [7, 11) is -3.64. The number of amides is 4. The molecule has 3 spiro atoms. The van der Waals surface area contributed by atoms with Gasteiger partial charge in [0.25, 0.3) is 17.7 Å². The number of hydrogen-bond donors (Lipinski definition) is 3. The number of fused-ring (bicyclic) bond motifs is 2. The molecule has 368 valence electrons. The normalized spacial score (nSPS) is 27.3. The summed E-state index contributed by atoms with van der Waals surface area (Å²) < 4.78 is 24.2. The fraction of sp³-hybridized carbons (Fsp3) is 0.481. The van der Waals surface area contributed by atoms with Gasteiger partial charge in [0.2, 0.25) is 14.3 Å². The average molecular weight is 969 g/mol. The number of halogens is 1. The van der Waals surface area contributed by atoms with E-state index in [4.69, 9.17) is 4.74 Å². The summed E-state index contributed by atoms with van der Waals surface area (Å²) in [6.07, 6.45) is 3.12. The van der Waals surface area contributed by atoms with Crippen molar-refractivity contribution in [1.82, 2.24) is 15.5 Å². The summed E-state index contributed by atoms with van der Waals surface area (Å²) in [5.74, 6) is -1.15. The third kappa shape index (κ3) is 7.38. The number of anilines is 5. The van der Waals surface area contributed by atoms with Gasteiger partial charge in [0, 0.05) is 46.3 Å². The van der Waals surface area contributed by atoms with E-state index in [1.165, 1.54) is 0 Å². The molecule has 16 heteroatoms. The Morgan fingerprint density at radius 2 is 1.29 bits per heavy atom. The predicted octanol–water partition coefficient (Wildman–Crippen LogP) is 6.25. The Hall–Kier alpha value is -5.65. The van der Waals surface area contributed by atoms with Crippen LogP contribution in [-0.4, -0.2) is 118 Å². The fourth-order valence-corrected chi connectivity index (χ4v) is 16.0. The van der Waals surface area contributed by atoms with Crippen LogP contribution in [0.3, 0.4) is 0 Å². The van der Waals surface area contributed by atoms with Crippen LogP contribution in [0.1, 0.15) is 63.0 Å². The molecule has 4 aromatic rings. The molecular weight excluding hydrogens is 904 g/mol. The Morgan fingerprint density at radius 3 is 1.83 bits per heavy atom. The van der Waals surface area contributed by atoms with E-state index in [1.807, 2.05) is 108 Å². The Kier molecular flexibility index (Phi) is 11.9. The van der Waals surface area contributed by atoms with Gasteiger partial charge in [-0.2, -0.15) is 0 Å².